The van der Waals surface area contributed by atoms with E-state index in [4.69, 9.17) is 5.73 Å². The fraction of sp³-hybridized carbons (Fsp3) is 0.300. The summed E-state index contributed by atoms with van der Waals surface area (Å²) in [6, 6.07) is 4.10. The zero-order valence-electron chi connectivity index (χ0n) is 8.62. The highest BCUT2D eigenvalue weighted by atomic mass is 79.9. The molecule has 3 nitrogen and oxygen atoms in total. The lowest BCUT2D eigenvalue weighted by Gasteiger charge is -2.01. The van der Waals surface area contributed by atoms with Gasteiger partial charge in [-0.05, 0) is 35.0 Å². The summed E-state index contributed by atoms with van der Waals surface area (Å²) in [6.07, 6.45) is 0. The minimum absolute atomic E-state index is 0.516. The summed E-state index contributed by atoms with van der Waals surface area (Å²) in [6.45, 7) is 2.51. The van der Waals surface area contributed by atoms with Crippen molar-refractivity contribution < 1.29 is 0 Å². The molecule has 15 heavy (non-hydrogen) atoms. The molecule has 2 heterocycles. The van der Waals surface area contributed by atoms with Crippen molar-refractivity contribution in [2.75, 3.05) is 0 Å². The Kier molecular flexibility index (Phi) is 2.95. The molecule has 0 atom stereocenters. The summed E-state index contributed by atoms with van der Waals surface area (Å²) < 4.78 is 3.16. The van der Waals surface area contributed by atoms with Crippen molar-refractivity contribution in [2.24, 2.45) is 12.8 Å². The smallest absolute Gasteiger partial charge is 0.106 e. The number of nitrogens with zero attached hydrogens (tertiary/aromatic N) is 2. The number of hydrogen-bond acceptors (Lipinski definition) is 3. The van der Waals surface area contributed by atoms with Gasteiger partial charge in [-0.1, -0.05) is 0 Å². The third-order valence-corrected chi connectivity index (χ3v) is 4.07. The van der Waals surface area contributed by atoms with Gasteiger partial charge in [0.05, 0.1) is 14.4 Å². The van der Waals surface area contributed by atoms with E-state index in [0.29, 0.717) is 6.54 Å². The minimum atomic E-state index is 0.516. The van der Waals surface area contributed by atoms with Crippen LogP contribution in [0.5, 0.6) is 0 Å². The monoisotopic (exact) mass is 285 g/mol. The molecular weight excluding hydrogens is 274 g/mol. The van der Waals surface area contributed by atoms with E-state index in [0.717, 1.165) is 25.9 Å². The van der Waals surface area contributed by atoms with Gasteiger partial charge in [0.15, 0.2) is 0 Å². The van der Waals surface area contributed by atoms with Crippen LogP contribution < -0.4 is 5.73 Å². The van der Waals surface area contributed by atoms with Gasteiger partial charge in [0.25, 0.3) is 0 Å². The van der Waals surface area contributed by atoms with Gasteiger partial charge in [0, 0.05) is 13.6 Å². The van der Waals surface area contributed by atoms with Crippen LogP contribution in [-0.4, -0.2) is 9.55 Å². The summed E-state index contributed by atoms with van der Waals surface area (Å²) in [4.78, 5) is 5.70. The molecule has 0 aromatic carbocycles. The number of imidazole rings is 1. The van der Waals surface area contributed by atoms with Crippen molar-refractivity contribution in [3.05, 3.63) is 27.4 Å². The fourth-order valence-corrected chi connectivity index (χ4v) is 2.93. The molecule has 0 unspecified atom stereocenters. The highest BCUT2D eigenvalue weighted by Gasteiger charge is 2.13. The van der Waals surface area contributed by atoms with E-state index in [9.17, 15) is 0 Å². The number of hydrogen-bond donors (Lipinski definition) is 1. The summed E-state index contributed by atoms with van der Waals surface area (Å²) in [5.74, 6) is 0.995. The summed E-state index contributed by atoms with van der Waals surface area (Å²) >= 11 is 5.13. The van der Waals surface area contributed by atoms with Crippen LogP contribution in [0.15, 0.2) is 15.9 Å². The topological polar surface area (TPSA) is 43.8 Å². The molecule has 0 saturated carbocycles. The van der Waals surface area contributed by atoms with Crippen LogP contribution in [0.3, 0.4) is 0 Å². The van der Waals surface area contributed by atoms with Crippen molar-refractivity contribution >= 4 is 27.3 Å². The first-order valence-corrected chi connectivity index (χ1v) is 6.22. The molecule has 0 saturated heterocycles. The van der Waals surface area contributed by atoms with Crippen LogP contribution in [0.2, 0.25) is 0 Å². The van der Waals surface area contributed by atoms with Gasteiger partial charge >= 0.3 is 0 Å². The highest BCUT2D eigenvalue weighted by Crippen LogP contribution is 2.32. The number of halogens is 1. The van der Waals surface area contributed by atoms with Gasteiger partial charge in [0.1, 0.15) is 11.5 Å². The maximum Gasteiger partial charge on any atom is 0.106 e. The van der Waals surface area contributed by atoms with Crippen LogP contribution in [0.25, 0.3) is 10.6 Å². The largest absolute Gasteiger partial charge is 0.334 e. The lowest BCUT2D eigenvalue weighted by atomic mass is 10.3. The maximum absolute atomic E-state index is 5.74. The maximum atomic E-state index is 5.74. The van der Waals surface area contributed by atoms with E-state index in [1.807, 2.05) is 24.6 Å². The molecule has 80 valence electrons. The van der Waals surface area contributed by atoms with E-state index >= 15 is 0 Å². The summed E-state index contributed by atoms with van der Waals surface area (Å²) in [7, 11) is 2.00. The van der Waals surface area contributed by atoms with Crippen LogP contribution in [0.1, 0.15) is 11.5 Å². The molecule has 0 aliphatic rings. The second kappa shape index (κ2) is 4.08. The molecule has 2 aromatic rings. The lowest BCUT2D eigenvalue weighted by molar-refractivity contribution is 0.789. The molecule has 0 spiro atoms. The number of nitrogens with two attached hydrogens (primary N) is 1. The first-order chi connectivity index (χ1) is 7.13. The molecule has 0 radical (unpaired) electrons. The van der Waals surface area contributed by atoms with Crippen molar-refractivity contribution in [1.82, 2.24) is 9.55 Å². The van der Waals surface area contributed by atoms with E-state index in [1.54, 1.807) is 11.3 Å². The van der Waals surface area contributed by atoms with E-state index in [2.05, 4.69) is 27.0 Å². The number of thiophene rings is 1. The van der Waals surface area contributed by atoms with Crippen LogP contribution in [0.4, 0.5) is 0 Å². The molecule has 0 aliphatic carbocycles. The quantitative estimate of drug-likeness (QED) is 0.922. The third kappa shape index (κ3) is 1.87. The Bertz CT molecular complexity index is 487. The van der Waals surface area contributed by atoms with Crippen LogP contribution in [0, 0.1) is 6.92 Å². The minimum Gasteiger partial charge on any atom is -0.334 e. The van der Waals surface area contributed by atoms with E-state index in [1.165, 1.54) is 0 Å². The average molecular weight is 286 g/mol. The number of aromatic nitrogens is 2. The van der Waals surface area contributed by atoms with Crippen molar-refractivity contribution in [1.29, 1.82) is 0 Å². The molecule has 0 fully saturated rings. The Morgan fingerprint density at radius 2 is 2.27 bits per heavy atom. The van der Waals surface area contributed by atoms with Crippen molar-refractivity contribution in [3.8, 4) is 10.6 Å². The molecule has 0 aliphatic heterocycles. The zero-order valence-corrected chi connectivity index (χ0v) is 11.0. The highest BCUT2D eigenvalue weighted by molar-refractivity contribution is 9.11. The average Bonchev–Trinajstić information content (AvgIpc) is 2.73. The second-order valence-corrected chi connectivity index (χ2v) is 5.78. The number of aryl methyl sites for hydroxylation is 1. The first-order valence-electron chi connectivity index (χ1n) is 4.61. The first kappa shape index (κ1) is 10.9. The molecule has 2 N–H and O–H groups in total. The van der Waals surface area contributed by atoms with Crippen LogP contribution >= 0.6 is 27.3 Å². The predicted octanol–water partition coefficient (Wildman–Crippen LogP) is 2.68. The van der Waals surface area contributed by atoms with Gasteiger partial charge in [-0.25, -0.2) is 4.98 Å². The molecule has 0 bridgehead atoms. The van der Waals surface area contributed by atoms with Crippen LogP contribution in [-0.2, 0) is 13.6 Å². The van der Waals surface area contributed by atoms with E-state index < -0.39 is 0 Å². The van der Waals surface area contributed by atoms with Gasteiger partial charge < -0.3 is 10.3 Å². The number of rotatable bonds is 2. The second-order valence-electron chi connectivity index (χ2n) is 3.32. The Hall–Kier alpha value is -0.650. The SMILES string of the molecule is Cc1nc(-c2ccc(Br)s2)c(CN)n1C. The van der Waals surface area contributed by atoms with Gasteiger partial charge in [-0.15, -0.1) is 11.3 Å². The lowest BCUT2D eigenvalue weighted by Crippen LogP contribution is -2.05. The summed E-state index contributed by atoms with van der Waals surface area (Å²) in [5.41, 5.74) is 7.83. The van der Waals surface area contributed by atoms with Crippen molar-refractivity contribution in [2.45, 2.75) is 13.5 Å². The van der Waals surface area contributed by atoms with Gasteiger partial charge in [-0.3, -0.25) is 0 Å². The summed E-state index contributed by atoms with van der Waals surface area (Å²) in [5, 5.41) is 0. The van der Waals surface area contributed by atoms with Gasteiger partial charge in [-0.2, -0.15) is 0 Å². The molecule has 2 aromatic heterocycles. The molecular formula is C10H12BrN3S. The standard InChI is InChI=1S/C10H12BrN3S/c1-6-13-10(7(5-12)14(6)2)8-3-4-9(11)15-8/h3-4H,5,12H2,1-2H3. The Morgan fingerprint density at radius 3 is 2.80 bits per heavy atom. The predicted molar refractivity (Wildman–Crippen MR) is 66.8 cm³/mol. The fourth-order valence-electron chi connectivity index (χ4n) is 1.53. The van der Waals surface area contributed by atoms with Gasteiger partial charge in [0.2, 0.25) is 0 Å². The third-order valence-electron chi connectivity index (χ3n) is 2.44. The molecule has 0 amide bonds. The zero-order chi connectivity index (χ0) is 11.0. The van der Waals surface area contributed by atoms with E-state index in [-0.39, 0.29) is 0 Å². The molecule has 2 rings (SSSR count). The van der Waals surface area contributed by atoms with Crippen molar-refractivity contribution in [3.63, 3.8) is 0 Å². The Labute approximate surface area is 101 Å². The Balaban J connectivity index is 2.57. The Morgan fingerprint density at radius 1 is 1.53 bits per heavy atom. The molecule has 5 heteroatoms. The normalized spacial score (nSPS) is 10.9.